The lowest BCUT2D eigenvalue weighted by molar-refractivity contribution is 0.00502. The minimum atomic E-state index is 0.194. The second-order valence-corrected chi connectivity index (χ2v) is 3.59. The van der Waals surface area contributed by atoms with Crippen LogP contribution in [0.1, 0.15) is 5.56 Å². The number of ether oxygens (including phenoxy) is 2. The number of phenolic OH excluding ortho intramolecular Hbond substituents is 1. The van der Waals surface area contributed by atoms with Gasteiger partial charge in [-0.05, 0) is 29.8 Å². The van der Waals surface area contributed by atoms with Crippen LogP contribution in [0.4, 0.5) is 0 Å². The van der Waals surface area contributed by atoms with Crippen LogP contribution >= 0.6 is 0 Å². The number of aromatic hydroxyl groups is 1. The molecule has 0 aromatic heterocycles. The number of hydrogen-bond acceptors (Lipinski definition) is 3. The maximum absolute atomic E-state index is 9.09. The lowest BCUT2D eigenvalue weighted by atomic mass is 10.2. The first-order valence-electron chi connectivity index (χ1n) is 5.38. The molecule has 0 unspecified atom stereocenters. The molecule has 0 heterocycles. The zero-order valence-electron chi connectivity index (χ0n) is 9.37. The van der Waals surface area contributed by atoms with Crippen LogP contribution in [0, 0.1) is 0 Å². The van der Waals surface area contributed by atoms with Crippen molar-refractivity contribution < 1.29 is 14.6 Å². The van der Waals surface area contributed by atoms with E-state index >= 15 is 0 Å². The van der Waals surface area contributed by atoms with Crippen LogP contribution in [0.3, 0.4) is 0 Å². The molecule has 88 valence electrons. The Kier molecular flexibility index (Phi) is 4.00. The maximum atomic E-state index is 9.09. The third-order valence-corrected chi connectivity index (χ3v) is 2.26. The first-order valence-corrected chi connectivity index (χ1v) is 5.38. The predicted molar refractivity (Wildman–Crippen MR) is 64.8 cm³/mol. The molecule has 0 atom stereocenters. The van der Waals surface area contributed by atoms with E-state index in [1.165, 1.54) is 0 Å². The lowest BCUT2D eigenvalue weighted by Gasteiger charge is -2.07. The Bertz CT molecular complexity index is 437. The van der Waals surface area contributed by atoms with Gasteiger partial charge in [0.15, 0.2) is 6.79 Å². The highest BCUT2D eigenvalue weighted by molar-refractivity contribution is 5.29. The molecule has 2 rings (SSSR count). The van der Waals surface area contributed by atoms with Crippen molar-refractivity contribution in [3.8, 4) is 11.5 Å². The molecule has 2 aromatic rings. The smallest absolute Gasteiger partial charge is 0.189 e. The van der Waals surface area contributed by atoms with Gasteiger partial charge in [0, 0.05) is 0 Å². The number of hydrogen-bond donors (Lipinski definition) is 1. The molecule has 0 aliphatic rings. The largest absolute Gasteiger partial charge is 0.508 e. The summed E-state index contributed by atoms with van der Waals surface area (Å²) in [7, 11) is 0. The van der Waals surface area contributed by atoms with Crippen molar-refractivity contribution in [3.63, 3.8) is 0 Å². The van der Waals surface area contributed by atoms with E-state index < -0.39 is 0 Å². The summed E-state index contributed by atoms with van der Waals surface area (Å²) in [5, 5.41) is 9.09. The van der Waals surface area contributed by atoms with Crippen molar-refractivity contribution in [2.24, 2.45) is 0 Å². The highest BCUT2D eigenvalue weighted by Gasteiger charge is 1.95. The van der Waals surface area contributed by atoms with Crippen LogP contribution in [-0.4, -0.2) is 11.9 Å². The van der Waals surface area contributed by atoms with Gasteiger partial charge in [0.1, 0.15) is 11.5 Å². The van der Waals surface area contributed by atoms with E-state index in [9.17, 15) is 0 Å². The molecule has 3 nitrogen and oxygen atoms in total. The Morgan fingerprint density at radius 3 is 2.29 bits per heavy atom. The highest BCUT2D eigenvalue weighted by Crippen LogP contribution is 2.15. The number of rotatable bonds is 5. The van der Waals surface area contributed by atoms with Crippen LogP contribution in [0.25, 0.3) is 0 Å². The van der Waals surface area contributed by atoms with Gasteiger partial charge in [-0.25, -0.2) is 0 Å². The third-order valence-electron chi connectivity index (χ3n) is 2.26. The Labute approximate surface area is 100 Å². The maximum Gasteiger partial charge on any atom is 0.189 e. The van der Waals surface area contributed by atoms with Crippen molar-refractivity contribution >= 4 is 0 Å². The van der Waals surface area contributed by atoms with Crippen LogP contribution in [0.2, 0.25) is 0 Å². The van der Waals surface area contributed by atoms with E-state index in [1.54, 1.807) is 24.3 Å². The van der Waals surface area contributed by atoms with E-state index in [2.05, 4.69) is 0 Å². The standard InChI is InChI=1S/C14H14O3/c15-13-6-8-14(9-7-13)17-11-16-10-12-4-2-1-3-5-12/h1-9,15H,10-11H2. The molecule has 1 N–H and O–H groups in total. The van der Waals surface area contributed by atoms with Crippen molar-refractivity contribution in [1.29, 1.82) is 0 Å². The summed E-state index contributed by atoms with van der Waals surface area (Å²) in [5.74, 6) is 0.901. The zero-order chi connectivity index (χ0) is 11.9. The van der Waals surface area contributed by atoms with E-state index in [4.69, 9.17) is 14.6 Å². The Hall–Kier alpha value is -2.00. The van der Waals surface area contributed by atoms with Gasteiger partial charge in [-0.2, -0.15) is 0 Å². The summed E-state index contributed by atoms with van der Waals surface area (Å²) in [6, 6.07) is 16.5. The summed E-state index contributed by atoms with van der Waals surface area (Å²) in [6.45, 7) is 0.721. The lowest BCUT2D eigenvalue weighted by Crippen LogP contribution is -2.02. The van der Waals surface area contributed by atoms with Crippen LogP contribution < -0.4 is 4.74 Å². The molecule has 0 amide bonds. The molecule has 0 aliphatic carbocycles. The van der Waals surface area contributed by atoms with Crippen LogP contribution in [0.5, 0.6) is 11.5 Å². The average molecular weight is 230 g/mol. The molecule has 0 aliphatic heterocycles. The van der Waals surface area contributed by atoms with Gasteiger partial charge < -0.3 is 14.6 Å². The van der Waals surface area contributed by atoms with Gasteiger partial charge in [0.25, 0.3) is 0 Å². The van der Waals surface area contributed by atoms with Crippen LogP contribution in [0.15, 0.2) is 54.6 Å². The van der Waals surface area contributed by atoms with Gasteiger partial charge >= 0.3 is 0 Å². The van der Waals surface area contributed by atoms with E-state index in [1.807, 2.05) is 30.3 Å². The summed E-state index contributed by atoms with van der Waals surface area (Å²) in [6.07, 6.45) is 0. The SMILES string of the molecule is Oc1ccc(OCOCc2ccccc2)cc1. The normalized spacial score (nSPS) is 10.1. The van der Waals surface area contributed by atoms with Gasteiger partial charge in [0.05, 0.1) is 6.61 Å². The predicted octanol–water partition coefficient (Wildman–Crippen LogP) is 2.95. The molecule has 2 aromatic carbocycles. The number of benzene rings is 2. The van der Waals surface area contributed by atoms with Crippen molar-refractivity contribution in [2.75, 3.05) is 6.79 Å². The molecule has 0 spiro atoms. The highest BCUT2D eigenvalue weighted by atomic mass is 16.7. The Balaban J connectivity index is 1.71. The molecule has 17 heavy (non-hydrogen) atoms. The zero-order valence-corrected chi connectivity index (χ0v) is 9.37. The molecule has 3 heteroatoms. The fourth-order valence-corrected chi connectivity index (χ4v) is 1.39. The van der Waals surface area contributed by atoms with Crippen molar-refractivity contribution in [1.82, 2.24) is 0 Å². The first-order chi connectivity index (χ1) is 8.34. The van der Waals surface area contributed by atoms with Gasteiger partial charge in [-0.3, -0.25) is 0 Å². The summed E-state index contributed by atoms with van der Waals surface area (Å²) < 4.78 is 10.7. The molecule has 0 bridgehead atoms. The Morgan fingerprint density at radius 1 is 0.882 bits per heavy atom. The molecular formula is C14H14O3. The summed E-state index contributed by atoms with van der Waals surface area (Å²) in [5.41, 5.74) is 1.11. The van der Waals surface area contributed by atoms with E-state index in [0.29, 0.717) is 12.4 Å². The quantitative estimate of drug-likeness (QED) is 0.634. The minimum Gasteiger partial charge on any atom is -0.508 e. The molecular weight excluding hydrogens is 216 g/mol. The van der Waals surface area contributed by atoms with Crippen molar-refractivity contribution in [3.05, 3.63) is 60.2 Å². The topological polar surface area (TPSA) is 38.7 Å². The second-order valence-electron chi connectivity index (χ2n) is 3.59. The summed E-state index contributed by atoms with van der Waals surface area (Å²) in [4.78, 5) is 0. The second kappa shape index (κ2) is 5.92. The third kappa shape index (κ3) is 3.81. The van der Waals surface area contributed by atoms with E-state index in [-0.39, 0.29) is 12.5 Å². The molecule has 0 fully saturated rings. The summed E-state index contributed by atoms with van der Waals surface area (Å²) >= 11 is 0. The minimum absolute atomic E-state index is 0.194. The van der Waals surface area contributed by atoms with Gasteiger partial charge in [-0.15, -0.1) is 0 Å². The first kappa shape index (κ1) is 11.5. The fourth-order valence-electron chi connectivity index (χ4n) is 1.39. The Morgan fingerprint density at radius 2 is 1.59 bits per heavy atom. The monoisotopic (exact) mass is 230 g/mol. The molecule has 0 saturated heterocycles. The number of phenols is 1. The average Bonchev–Trinajstić information content (AvgIpc) is 2.38. The fraction of sp³-hybridized carbons (Fsp3) is 0.143. The van der Waals surface area contributed by atoms with Crippen LogP contribution in [-0.2, 0) is 11.3 Å². The van der Waals surface area contributed by atoms with Gasteiger partial charge in [0.2, 0.25) is 0 Å². The van der Waals surface area contributed by atoms with E-state index in [0.717, 1.165) is 5.56 Å². The molecule has 0 saturated carbocycles. The molecule has 0 radical (unpaired) electrons. The van der Waals surface area contributed by atoms with Gasteiger partial charge in [-0.1, -0.05) is 30.3 Å². The van der Waals surface area contributed by atoms with Crippen molar-refractivity contribution in [2.45, 2.75) is 6.61 Å².